The van der Waals surface area contributed by atoms with Crippen molar-refractivity contribution in [3.05, 3.63) is 17.5 Å². The van der Waals surface area contributed by atoms with Crippen LogP contribution < -0.4 is 5.32 Å². The third-order valence-electron chi connectivity index (χ3n) is 3.31. The molecular weight excluding hydrogens is 262 g/mol. The molecule has 1 saturated heterocycles. The summed E-state index contributed by atoms with van der Waals surface area (Å²) in [5.74, 6) is -1.10. The van der Waals surface area contributed by atoms with Crippen molar-refractivity contribution in [3.8, 4) is 0 Å². The number of carboxylic acid groups (broad SMARTS) is 1. The predicted octanol–water partition coefficient (Wildman–Crippen LogP) is 0.248. The van der Waals surface area contributed by atoms with Crippen LogP contribution in [0.1, 0.15) is 24.2 Å². The third kappa shape index (κ3) is 3.57. The second-order valence-electron chi connectivity index (χ2n) is 5.05. The molecule has 0 radical (unpaired) electrons. The number of carboxylic acids is 1. The van der Waals surface area contributed by atoms with Crippen molar-refractivity contribution in [1.29, 1.82) is 0 Å². The standard InChI is InChI=1S/C13H19N3O4/c1-8-5-9(2)16(15-8)7-12(17)14-6-10-3-4-11(20-10)13(18)19/h5,10-11H,3-4,6-7H2,1-2H3,(H,14,17)(H,18,19). The summed E-state index contributed by atoms with van der Waals surface area (Å²) >= 11 is 0. The van der Waals surface area contributed by atoms with Crippen LogP contribution in [0.25, 0.3) is 0 Å². The fourth-order valence-corrected chi connectivity index (χ4v) is 2.29. The third-order valence-corrected chi connectivity index (χ3v) is 3.31. The smallest absolute Gasteiger partial charge is 0.332 e. The van der Waals surface area contributed by atoms with Gasteiger partial charge in [0.1, 0.15) is 6.54 Å². The Bertz CT molecular complexity index is 512. The molecule has 1 aromatic heterocycles. The van der Waals surface area contributed by atoms with Gasteiger partial charge in [0, 0.05) is 12.2 Å². The molecule has 2 unspecified atom stereocenters. The molecule has 1 aliphatic rings. The van der Waals surface area contributed by atoms with Gasteiger partial charge in [-0.25, -0.2) is 4.79 Å². The zero-order valence-corrected chi connectivity index (χ0v) is 11.6. The maximum atomic E-state index is 11.8. The van der Waals surface area contributed by atoms with Crippen LogP contribution in [0.5, 0.6) is 0 Å². The van der Waals surface area contributed by atoms with Crippen LogP contribution in [0.4, 0.5) is 0 Å². The van der Waals surface area contributed by atoms with Gasteiger partial charge in [-0.05, 0) is 32.8 Å². The first-order valence-electron chi connectivity index (χ1n) is 6.61. The van der Waals surface area contributed by atoms with Crippen molar-refractivity contribution in [1.82, 2.24) is 15.1 Å². The van der Waals surface area contributed by atoms with E-state index in [0.717, 1.165) is 11.4 Å². The number of rotatable bonds is 5. The molecule has 1 amide bonds. The molecule has 0 aromatic carbocycles. The number of hydrogen-bond donors (Lipinski definition) is 2. The van der Waals surface area contributed by atoms with E-state index in [9.17, 15) is 9.59 Å². The maximum absolute atomic E-state index is 11.8. The van der Waals surface area contributed by atoms with Crippen LogP contribution in [0.3, 0.4) is 0 Å². The quantitative estimate of drug-likeness (QED) is 0.807. The Morgan fingerprint density at radius 1 is 1.50 bits per heavy atom. The van der Waals surface area contributed by atoms with Crippen LogP contribution in [-0.2, 0) is 20.9 Å². The first-order chi connectivity index (χ1) is 9.45. The Morgan fingerprint density at radius 3 is 2.80 bits per heavy atom. The fourth-order valence-electron chi connectivity index (χ4n) is 2.29. The number of aryl methyl sites for hydroxylation is 2. The molecule has 2 atom stereocenters. The second-order valence-corrected chi connectivity index (χ2v) is 5.05. The van der Waals surface area contributed by atoms with Gasteiger partial charge >= 0.3 is 5.97 Å². The molecule has 0 aliphatic carbocycles. The number of ether oxygens (including phenoxy) is 1. The molecule has 0 saturated carbocycles. The zero-order valence-electron chi connectivity index (χ0n) is 11.6. The minimum absolute atomic E-state index is 0.154. The van der Waals surface area contributed by atoms with Gasteiger partial charge in [-0.3, -0.25) is 9.48 Å². The van der Waals surface area contributed by atoms with Gasteiger partial charge in [-0.1, -0.05) is 0 Å². The second kappa shape index (κ2) is 6.04. The summed E-state index contributed by atoms with van der Waals surface area (Å²) in [6.07, 6.45) is 0.179. The Labute approximate surface area is 116 Å². The fraction of sp³-hybridized carbons (Fsp3) is 0.615. The minimum atomic E-state index is -0.943. The summed E-state index contributed by atoms with van der Waals surface area (Å²) in [6, 6.07) is 1.91. The Morgan fingerprint density at radius 2 is 2.25 bits per heavy atom. The molecule has 1 aromatic rings. The molecule has 20 heavy (non-hydrogen) atoms. The van der Waals surface area contributed by atoms with Crippen molar-refractivity contribution >= 4 is 11.9 Å². The van der Waals surface area contributed by atoms with E-state index >= 15 is 0 Å². The Balaban J connectivity index is 1.76. The van der Waals surface area contributed by atoms with E-state index < -0.39 is 12.1 Å². The van der Waals surface area contributed by atoms with E-state index in [0.29, 0.717) is 19.4 Å². The van der Waals surface area contributed by atoms with E-state index in [2.05, 4.69) is 10.4 Å². The lowest BCUT2D eigenvalue weighted by atomic mass is 10.2. The topological polar surface area (TPSA) is 93.5 Å². The highest BCUT2D eigenvalue weighted by Crippen LogP contribution is 2.19. The monoisotopic (exact) mass is 281 g/mol. The lowest BCUT2D eigenvalue weighted by molar-refractivity contribution is -0.149. The average Bonchev–Trinajstić information content (AvgIpc) is 2.94. The van der Waals surface area contributed by atoms with Crippen molar-refractivity contribution in [2.45, 2.75) is 45.4 Å². The maximum Gasteiger partial charge on any atom is 0.332 e. The average molecular weight is 281 g/mol. The summed E-state index contributed by atoms with van der Waals surface area (Å²) in [4.78, 5) is 22.5. The lowest BCUT2D eigenvalue weighted by Gasteiger charge is -2.12. The molecule has 7 heteroatoms. The summed E-state index contributed by atoms with van der Waals surface area (Å²) < 4.78 is 6.95. The molecule has 7 nitrogen and oxygen atoms in total. The van der Waals surface area contributed by atoms with Gasteiger partial charge in [-0.15, -0.1) is 0 Å². The van der Waals surface area contributed by atoms with E-state index in [-0.39, 0.29) is 18.6 Å². The van der Waals surface area contributed by atoms with E-state index in [1.54, 1.807) is 4.68 Å². The highest BCUT2D eigenvalue weighted by molar-refractivity contribution is 5.75. The first-order valence-corrected chi connectivity index (χ1v) is 6.61. The van der Waals surface area contributed by atoms with Gasteiger partial charge in [0.25, 0.3) is 0 Å². The Hall–Kier alpha value is -1.89. The zero-order chi connectivity index (χ0) is 14.7. The van der Waals surface area contributed by atoms with E-state index in [4.69, 9.17) is 9.84 Å². The minimum Gasteiger partial charge on any atom is -0.479 e. The van der Waals surface area contributed by atoms with Crippen LogP contribution in [0.2, 0.25) is 0 Å². The normalized spacial score (nSPS) is 21.9. The number of amides is 1. The summed E-state index contributed by atoms with van der Waals surface area (Å²) in [5, 5.41) is 15.8. The van der Waals surface area contributed by atoms with Crippen molar-refractivity contribution in [2.24, 2.45) is 0 Å². The van der Waals surface area contributed by atoms with Gasteiger partial charge < -0.3 is 15.2 Å². The van der Waals surface area contributed by atoms with E-state index in [1.807, 2.05) is 19.9 Å². The molecule has 0 bridgehead atoms. The van der Waals surface area contributed by atoms with Crippen molar-refractivity contribution in [2.75, 3.05) is 6.54 Å². The number of nitrogens with one attached hydrogen (secondary N) is 1. The highest BCUT2D eigenvalue weighted by atomic mass is 16.5. The molecule has 2 heterocycles. The summed E-state index contributed by atoms with van der Waals surface area (Å²) in [5.41, 5.74) is 1.81. The molecular formula is C13H19N3O4. The highest BCUT2D eigenvalue weighted by Gasteiger charge is 2.30. The molecule has 0 spiro atoms. The molecule has 110 valence electrons. The number of nitrogens with zero attached hydrogens (tertiary/aromatic N) is 2. The lowest BCUT2D eigenvalue weighted by Crippen LogP contribution is -2.35. The molecule has 2 N–H and O–H groups in total. The molecule has 1 fully saturated rings. The molecule has 1 aliphatic heterocycles. The van der Waals surface area contributed by atoms with Gasteiger partial charge in [0.05, 0.1) is 11.8 Å². The number of carbonyl (C=O) groups is 2. The first kappa shape index (κ1) is 14.5. The van der Waals surface area contributed by atoms with Crippen LogP contribution in [0.15, 0.2) is 6.07 Å². The number of hydrogen-bond acceptors (Lipinski definition) is 4. The van der Waals surface area contributed by atoms with Crippen molar-refractivity contribution in [3.63, 3.8) is 0 Å². The largest absolute Gasteiger partial charge is 0.479 e. The van der Waals surface area contributed by atoms with Crippen LogP contribution in [-0.4, -0.2) is 45.5 Å². The van der Waals surface area contributed by atoms with Gasteiger partial charge in [-0.2, -0.15) is 5.10 Å². The Kier molecular flexibility index (Phi) is 4.39. The number of aliphatic carboxylic acids is 1. The summed E-state index contributed by atoms with van der Waals surface area (Å²) in [6.45, 7) is 4.27. The van der Waals surface area contributed by atoms with E-state index in [1.165, 1.54) is 0 Å². The SMILES string of the molecule is Cc1cc(C)n(CC(=O)NCC2CCC(C(=O)O)O2)n1. The predicted molar refractivity (Wildman–Crippen MR) is 70.2 cm³/mol. The van der Waals surface area contributed by atoms with Gasteiger partial charge in [0.2, 0.25) is 5.91 Å². The van der Waals surface area contributed by atoms with Crippen molar-refractivity contribution < 1.29 is 19.4 Å². The van der Waals surface area contributed by atoms with Gasteiger partial charge in [0.15, 0.2) is 6.10 Å². The van der Waals surface area contributed by atoms with Crippen LogP contribution >= 0.6 is 0 Å². The number of aromatic nitrogens is 2. The molecule has 2 rings (SSSR count). The number of carbonyl (C=O) groups excluding carboxylic acids is 1. The summed E-state index contributed by atoms with van der Waals surface area (Å²) in [7, 11) is 0. The van der Waals surface area contributed by atoms with Crippen LogP contribution in [0, 0.1) is 13.8 Å².